The van der Waals surface area contributed by atoms with Gasteiger partial charge in [0.2, 0.25) is 0 Å². The van der Waals surface area contributed by atoms with E-state index in [1.807, 2.05) is 24.3 Å². The van der Waals surface area contributed by atoms with Crippen molar-refractivity contribution in [1.82, 2.24) is 10.2 Å². The van der Waals surface area contributed by atoms with E-state index in [0.717, 1.165) is 28.1 Å². The minimum atomic E-state index is -0.291. The summed E-state index contributed by atoms with van der Waals surface area (Å²) < 4.78 is 13.7. The fourth-order valence-electron chi connectivity index (χ4n) is 3.38. The number of amidine groups is 1. The van der Waals surface area contributed by atoms with Crippen molar-refractivity contribution in [2.45, 2.75) is 0 Å². The monoisotopic (exact) mass is 422 g/mol. The third kappa shape index (κ3) is 3.18. The van der Waals surface area contributed by atoms with Crippen LogP contribution in [0.25, 0.3) is 22.4 Å². The fourth-order valence-corrected chi connectivity index (χ4v) is 3.96. The van der Waals surface area contributed by atoms with Crippen molar-refractivity contribution in [3.63, 3.8) is 0 Å². The fraction of sp³-hybridized carbons (Fsp3) is 0. The highest BCUT2D eigenvalue weighted by Gasteiger charge is 2.22. The second-order valence-corrected chi connectivity index (χ2v) is 7.39. The van der Waals surface area contributed by atoms with E-state index < -0.39 is 0 Å². The summed E-state index contributed by atoms with van der Waals surface area (Å²) in [6, 6.07) is 17.5. The molecule has 0 fully saturated rings. The summed E-state index contributed by atoms with van der Waals surface area (Å²) in [5, 5.41) is 11.5. The lowest BCUT2D eigenvalue weighted by atomic mass is 10.0. The molecule has 0 spiro atoms. The molecule has 4 nitrogen and oxygen atoms in total. The molecule has 0 unspecified atom stereocenters. The Balaban J connectivity index is 1.74. The number of fused-ring (bicyclic) bond motifs is 3. The molecule has 0 atom stereocenters. The van der Waals surface area contributed by atoms with Crippen LogP contribution in [0.3, 0.4) is 0 Å². The molecule has 4 aromatic rings. The molecule has 0 aliphatic carbocycles. The second kappa shape index (κ2) is 7.03. The maximum Gasteiger partial charge on any atom is 0.141 e. The minimum Gasteiger partial charge on any atom is -0.337 e. The highest BCUT2D eigenvalue weighted by atomic mass is 35.5. The number of anilines is 1. The van der Waals surface area contributed by atoms with Crippen molar-refractivity contribution >= 4 is 40.4 Å². The van der Waals surface area contributed by atoms with E-state index in [9.17, 15) is 4.39 Å². The number of hydrogen-bond acceptors (Lipinski definition) is 3. The van der Waals surface area contributed by atoms with E-state index >= 15 is 0 Å². The summed E-state index contributed by atoms with van der Waals surface area (Å²) in [5.74, 6) is 0.221. The number of halogens is 3. The van der Waals surface area contributed by atoms with E-state index in [0.29, 0.717) is 27.1 Å². The molecule has 1 aliphatic heterocycles. The lowest BCUT2D eigenvalue weighted by molar-refractivity contribution is 0.628. The van der Waals surface area contributed by atoms with Crippen molar-refractivity contribution in [1.29, 1.82) is 0 Å². The van der Waals surface area contributed by atoms with Crippen molar-refractivity contribution in [3.05, 3.63) is 88.3 Å². The Bertz CT molecular complexity index is 1260. The number of H-pyrrole nitrogens is 1. The first-order valence-electron chi connectivity index (χ1n) is 8.84. The number of aliphatic imine (C=N–C) groups is 1. The molecule has 0 radical (unpaired) electrons. The molecule has 0 amide bonds. The standard InChI is InChI=1S/C22H13Cl2FN4/c23-16-5-2-6-17(24)20(16)22-27-18-10-13(12-3-1-4-14(25)9-12)7-8-15(18)21-19(28-22)11-26-29-21/h1-11H,(H,26,29)(H,27,28). The first-order chi connectivity index (χ1) is 14.1. The van der Waals surface area contributed by atoms with E-state index in [4.69, 9.17) is 28.2 Å². The third-order valence-corrected chi connectivity index (χ3v) is 5.37. The predicted octanol–water partition coefficient (Wildman–Crippen LogP) is 6.69. The summed E-state index contributed by atoms with van der Waals surface area (Å²) in [6.07, 6.45) is 1.76. The molecule has 0 saturated heterocycles. The quantitative estimate of drug-likeness (QED) is 0.377. The summed E-state index contributed by atoms with van der Waals surface area (Å²) in [5.41, 5.74) is 5.22. The maximum absolute atomic E-state index is 13.7. The molecule has 1 aromatic heterocycles. The van der Waals surface area contributed by atoms with Gasteiger partial charge in [0.25, 0.3) is 0 Å². The van der Waals surface area contributed by atoms with Crippen LogP contribution >= 0.6 is 23.2 Å². The highest BCUT2D eigenvalue weighted by molar-refractivity contribution is 6.41. The number of rotatable bonds is 2. The van der Waals surface area contributed by atoms with E-state index in [1.54, 1.807) is 30.5 Å². The normalized spacial score (nSPS) is 12.4. The zero-order valence-corrected chi connectivity index (χ0v) is 16.4. The molecule has 2 N–H and O–H groups in total. The smallest absolute Gasteiger partial charge is 0.141 e. The molecule has 142 valence electrons. The molecule has 1 aliphatic rings. The van der Waals surface area contributed by atoms with Crippen LogP contribution in [0.1, 0.15) is 5.56 Å². The van der Waals surface area contributed by atoms with Crippen LogP contribution in [-0.2, 0) is 0 Å². The average Bonchev–Trinajstić information content (AvgIpc) is 3.10. The average molecular weight is 423 g/mol. The van der Waals surface area contributed by atoms with Gasteiger partial charge >= 0.3 is 0 Å². The SMILES string of the molecule is Fc1cccc(-c2ccc3c(c2)N=C(c2c(Cl)cccc2Cl)Nc2c[nH]nc2-3)c1. The van der Waals surface area contributed by atoms with Gasteiger partial charge in [-0.05, 0) is 47.5 Å². The van der Waals surface area contributed by atoms with Gasteiger partial charge in [0.15, 0.2) is 0 Å². The Morgan fingerprint density at radius 3 is 2.41 bits per heavy atom. The third-order valence-electron chi connectivity index (χ3n) is 4.74. The van der Waals surface area contributed by atoms with Gasteiger partial charge in [-0.3, -0.25) is 5.10 Å². The van der Waals surface area contributed by atoms with Crippen molar-refractivity contribution in [2.24, 2.45) is 4.99 Å². The lowest BCUT2D eigenvalue weighted by Crippen LogP contribution is -2.13. The highest BCUT2D eigenvalue weighted by Crippen LogP contribution is 2.40. The van der Waals surface area contributed by atoms with Crippen molar-refractivity contribution in [3.8, 4) is 22.4 Å². The summed E-state index contributed by atoms with van der Waals surface area (Å²) in [7, 11) is 0. The molecule has 0 saturated carbocycles. The zero-order chi connectivity index (χ0) is 20.0. The van der Waals surface area contributed by atoms with Gasteiger partial charge in [0.05, 0.1) is 27.0 Å². The first kappa shape index (κ1) is 17.9. The molecule has 7 heteroatoms. The van der Waals surface area contributed by atoms with Gasteiger partial charge in [-0.2, -0.15) is 5.10 Å². The summed E-state index contributed by atoms with van der Waals surface area (Å²) in [4.78, 5) is 4.82. The van der Waals surface area contributed by atoms with Crippen LogP contribution in [-0.4, -0.2) is 16.0 Å². The number of nitrogens with zero attached hydrogens (tertiary/aromatic N) is 2. The van der Waals surface area contributed by atoms with E-state index in [-0.39, 0.29) is 5.82 Å². The number of hydrogen-bond donors (Lipinski definition) is 2. The molecule has 0 bridgehead atoms. The minimum absolute atomic E-state index is 0.291. The van der Waals surface area contributed by atoms with Crippen molar-refractivity contribution in [2.75, 3.05) is 5.32 Å². The number of benzene rings is 3. The van der Waals surface area contributed by atoms with Crippen LogP contribution in [0.4, 0.5) is 15.8 Å². The van der Waals surface area contributed by atoms with Crippen LogP contribution in [0.2, 0.25) is 10.0 Å². The Hall–Kier alpha value is -3.15. The first-order valence-corrected chi connectivity index (χ1v) is 9.60. The largest absolute Gasteiger partial charge is 0.337 e. The Morgan fingerprint density at radius 1 is 0.862 bits per heavy atom. The van der Waals surface area contributed by atoms with E-state index in [2.05, 4.69) is 15.5 Å². The second-order valence-electron chi connectivity index (χ2n) is 6.57. The van der Waals surface area contributed by atoms with Gasteiger partial charge in [-0.15, -0.1) is 0 Å². The molecule has 5 rings (SSSR count). The molecule has 2 heterocycles. The zero-order valence-electron chi connectivity index (χ0n) is 14.9. The van der Waals surface area contributed by atoms with Gasteiger partial charge in [-0.1, -0.05) is 47.5 Å². The van der Waals surface area contributed by atoms with Crippen LogP contribution in [0, 0.1) is 5.82 Å². The summed E-state index contributed by atoms with van der Waals surface area (Å²) >= 11 is 12.8. The molecule has 29 heavy (non-hydrogen) atoms. The molecule has 3 aromatic carbocycles. The summed E-state index contributed by atoms with van der Waals surface area (Å²) in [6.45, 7) is 0. The topological polar surface area (TPSA) is 53.1 Å². The van der Waals surface area contributed by atoms with Crippen LogP contribution in [0.15, 0.2) is 71.9 Å². The van der Waals surface area contributed by atoms with Crippen LogP contribution < -0.4 is 5.32 Å². The van der Waals surface area contributed by atoms with E-state index in [1.165, 1.54) is 12.1 Å². The van der Waals surface area contributed by atoms with Gasteiger partial charge in [0, 0.05) is 11.8 Å². The Labute approximate surface area is 176 Å². The predicted molar refractivity (Wildman–Crippen MR) is 116 cm³/mol. The maximum atomic E-state index is 13.7. The van der Waals surface area contributed by atoms with Gasteiger partial charge in [-0.25, -0.2) is 9.38 Å². The van der Waals surface area contributed by atoms with Crippen LogP contribution in [0.5, 0.6) is 0 Å². The van der Waals surface area contributed by atoms with Gasteiger partial charge in [0.1, 0.15) is 17.3 Å². The van der Waals surface area contributed by atoms with Gasteiger partial charge < -0.3 is 5.32 Å². The Kier molecular flexibility index (Phi) is 4.34. The number of aromatic amines is 1. The molecular weight excluding hydrogens is 410 g/mol. The molecular formula is C22H13Cl2FN4. The number of nitrogens with one attached hydrogen (secondary N) is 2. The number of aromatic nitrogens is 2. The Morgan fingerprint density at radius 2 is 1.62 bits per heavy atom. The lowest BCUT2D eigenvalue weighted by Gasteiger charge is -2.11. The van der Waals surface area contributed by atoms with Crippen molar-refractivity contribution < 1.29 is 4.39 Å².